The molecule has 2 N–H and O–H groups in total. The molecule has 0 heterocycles. The Bertz CT molecular complexity index is 514. The Morgan fingerprint density at radius 3 is 2.21 bits per heavy atom. The van der Waals surface area contributed by atoms with Gasteiger partial charge in [-0.1, -0.05) is 48.5 Å². The monoisotopic (exact) mass is 256 g/mol. The maximum atomic E-state index is 11.7. The molecule has 98 valence electrons. The molecule has 4 heteroatoms. The summed E-state index contributed by atoms with van der Waals surface area (Å²) >= 11 is 0. The fraction of sp³-hybridized carbons (Fsp3) is 0.133. The number of hydrogen-bond donors (Lipinski definition) is 2. The van der Waals surface area contributed by atoms with Crippen LogP contribution < -0.4 is 5.32 Å². The number of hydrogen-bond acceptors (Lipinski definition) is 2. The second kappa shape index (κ2) is 6.56. The van der Waals surface area contributed by atoms with E-state index in [1.165, 1.54) is 0 Å². The topological polar surface area (TPSA) is 52.6 Å². The Labute approximate surface area is 112 Å². The second-order valence-electron chi connectivity index (χ2n) is 4.15. The van der Waals surface area contributed by atoms with E-state index in [9.17, 15) is 10.0 Å². The molecule has 0 unspecified atom stereocenters. The van der Waals surface area contributed by atoms with Gasteiger partial charge in [0.15, 0.2) is 0 Å². The molecule has 0 saturated carbocycles. The highest BCUT2D eigenvalue weighted by atomic mass is 16.5. The molecule has 0 aliphatic heterocycles. The van der Waals surface area contributed by atoms with Crippen LogP contribution in [0.4, 0.5) is 10.5 Å². The lowest BCUT2D eigenvalue weighted by Gasteiger charge is -2.15. The van der Waals surface area contributed by atoms with Crippen molar-refractivity contribution in [1.82, 2.24) is 5.06 Å². The lowest BCUT2D eigenvalue weighted by molar-refractivity contribution is -0.0361. The molecule has 2 aromatic rings. The minimum absolute atomic E-state index is 0.253. The minimum Gasteiger partial charge on any atom is -0.306 e. The van der Waals surface area contributed by atoms with Crippen LogP contribution in [0.3, 0.4) is 0 Å². The molecule has 0 aromatic heterocycles. The van der Waals surface area contributed by atoms with Crippen LogP contribution in [0.5, 0.6) is 0 Å². The number of anilines is 1. The Balaban J connectivity index is 1.83. The zero-order valence-electron chi connectivity index (χ0n) is 10.5. The van der Waals surface area contributed by atoms with E-state index in [1.807, 2.05) is 48.5 Å². The number of nitrogens with zero attached hydrogens (tertiary/aromatic N) is 1. The number of carbonyl (C=O) groups is 1. The van der Waals surface area contributed by atoms with Gasteiger partial charge in [-0.05, 0) is 24.1 Å². The van der Waals surface area contributed by atoms with Gasteiger partial charge in [-0.15, -0.1) is 0 Å². The molecule has 4 nitrogen and oxygen atoms in total. The summed E-state index contributed by atoms with van der Waals surface area (Å²) in [5.74, 6) is 0. The molecule has 0 fully saturated rings. The van der Waals surface area contributed by atoms with E-state index in [0.717, 1.165) is 5.56 Å². The Hall–Kier alpha value is -2.33. The molecular formula is C15H16N2O2. The average molecular weight is 256 g/mol. The van der Waals surface area contributed by atoms with Crippen LogP contribution in [0.15, 0.2) is 60.7 Å². The minimum atomic E-state index is -0.526. The fourth-order valence-corrected chi connectivity index (χ4v) is 1.69. The van der Waals surface area contributed by atoms with Gasteiger partial charge in [0.25, 0.3) is 0 Å². The Morgan fingerprint density at radius 2 is 1.58 bits per heavy atom. The number of benzene rings is 2. The van der Waals surface area contributed by atoms with Crippen molar-refractivity contribution in [2.75, 3.05) is 11.9 Å². The molecule has 0 bridgehead atoms. The zero-order chi connectivity index (χ0) is 13.5. The summed E-state index contributed by atoms with van der Waals surface area (Å²) in [6.45, 7) is 0.253. The van der Waals surface area contributed by atoms with Crippen LogP contribution in [0.25, 0.3) is 0 Å². The summed E-state index contributed by atoms with van der Waals surface area (Å²) in [5.41, 5.74) is 1.74. The van der Waals surface area contributed by atoms with Crippen molar-refractivity contribution in [2.45, 2.75) is 6.42 Å². The largest absolute Gasteiger partial charge is 0.345 e. The van der Waals surface area contributed by atoms with Crippen LogP contribution in [0.2, 0.25) is 0 Å². The number of para-hydroxylation sites is 1. The molecule has 0 atom stereocenters. The number of rotatable bonds is 4. The van der Waals surface area contributed by atoms with Crippen molar-refractivity contribution in [3.63, 3.8) is 0 Å². The smallest absolute Gasteiger partial charge is 0.306 e. The summed E-state index contributed by atoms with van der Waals surface area (Å²) in [6, 6.07) is 18.2. The van der Waals surface area contributed by atoms with Gasteiger partial charge >= 0.3 is 6.03 Å². The van der Waals surface area contributed by atoms with Gasteiger partial charge in [-0.2, -0.15) is 0 Å². The Morgan fingerprint density at radius 1 is 1.00 bits per heavy atom. The van der Waals surface area contributed by atoms with E-state index in [1.54, 1.807) is 12.1 Å². The molecule has 2 rings (SSSR count). The normalized spacial score (nSPS) is 9.95. The Kier molecular flexibility index (Phi) is 4.53. The van der Waals surface area contributed by atoms with Crippen molar-refractivity contribution in [3.05, 3.63) is 66.2 Å². The van der Waals surface area contributed by atoms with Crippen LogP contribution >= 0.6 is 0 Å². The SMILES string of the molecule is O=C(Nc1ccccc1)N(O)CCc1ccccc1. The predicted octanol–water partition coefficient (Wildman–Crippen LogP) is 3.15. The van der Waals surface area contributed by atoms with E-state index in [-0.39, 0.29) is 6.54 Å². The van der Waals surface area contributed by atoms with Crippen molar-refractivity contribution >= 4 is 11.7 Å². The number of carbonyl (C=O) groups excluding carboxylic acids is 1. The van der Waals surface area contributed by atoms with Crippen LogP contribution in [0, 0.1) is 0 Å². The molecule has 0 aliphatic rings. The standard InChI is InChI=1S/C15H16N2O2/c18-15(16-14-9-5-2-6-10-14)17(19)12-11-13-7-3-1-4-8-13/h1-10,19H,11-12H2,(H,16,18). The first-order chi connectivity index (χ1) is 9.25. The molecule has 0 radical (unpaired) electrons. The first kappa shape index (κ1) is 13.1. The molecule has 2 aromatic carbocycles. The van der Waals surface area contributed by atoms with Gasteiger partial charge in [0.2, 0.25) is 0 Å². The average Bonchev–Trinajstić information content (AvgIpc) is 2.47. The number of hydroxylamine groups is 2. The van der Waals surface area contributed by atoms with Gasteiger partial charge in [0, 0.05) is 5.69 Å². The summed E-state index contributed by atoms with van der Waals surface area (Å²) in [7, 11) is 0. The van der Waals surface area contributed by atoms with Crippen LogP contribution in [-0.2, 0) is 6.42 Å². The summed E-state index contributed by atoms with van der Waals surface area (Å²) < 4.78 is 0. The third-order valence-electron chi connectivity index (χ3n) is 2.71. The highest BCUT2D eigenvalue weighted by Crippen LogP contribution is 2.06. The molecule has 19 heavy (non-hydrogen) atoms. The van der Waals surface area contributed by atoms with Crippen molar-refractivity contribution < 1.29 is 10.0 Å². The highest BCUT2D eigenvalue weighted by Gasteiger charge is 2.10. The zero-order valence-corrected chi connectivity index (χ0v) is 10.5. The van der Waals surface area contributed by atoms with Crippen molar-refractivity contribution in [1.29, 1.82) is 0 Å². The number of nitrogens with one attached hydrogen (secondary N) is 1. The van der Waals surface area contributed by atoms with Gasteiger partial charge in [-0.25, -0.2) is 9.86 Å². The van der Waals surface area contributed by atoms with Gasteiger partial charge in [0.1, 0.15) is 0 Å². The molecular weight excluding hydrogens is 240 g/mol. The van der Waals surface area contributed by atoms with Crippen molar-refractivity contribution in [2.24, 2.45) is 0 Å². The molecule has 2 amide bonds. The van der Waals surface area contributed by atoms with Crippen LogP contribution in [-0.4, -0.2) is 22.8 Å². The van der Waals surface area contributed by atoms with Crippen molar-refractivity contribution in [3.8, 4) is 0 Å². The van der Waals surface area contributed by atoms with E-state index < -0.39 is 6.03 Å². The molecule has 0 spiro atoms. The third-order valence-corrected chi connectivity index (χ3v) is 2.71. The maximum Gasteiger partial charge on any atom is 0.345 e. The fourth-order valence-electron chi connectivity index (χ4n) is 1.69. The molecule has 0 aliphatic carbocycles. The molecule has 0 saturated heterocycles. The summed E-state index contributed by atoms with van der Waals surface area (Å²) in [6.07, 6.45) is 0.611. The number of amides is 2. The highest BCUT2D eigenvalue weighted by molar-refractivity contribution is 5.88. The van der Waals surface area contributed by atoms with E-state index in [0.29, 0.717) is 17.2 Å². The maximum absolute atomic E-state index is 11.7. The predicted molar refractivity (Wildman–Crippen MR) is 74.1 cm³/mol. The van der Waals surface area contributed by atoms with Gasteiger partial charge in [0.05, 0.1) is 6.54 Å². The van der Waals surface area contributed by atoms with Gasteiger partial charge in [-0.3, -0.25) is 5.21 Å². The summed E-state index contributed by atoms with van der Waals surface area (Å²) in [4.78, 5) is 11.7. The third kappa shape index (κ3) is 4.12. The summed E-state index contributed by atoms with van der Waals surface area (Å²) in [5, 5.41) is 13.0. The van der Waals surface area contributed by atoms with Crippen LogP contribution in [0.1, 0.15) is 5.56 Å². The van der Waals surface area contributed by atoms with E-state index >= 15 is 0 Å². The second-order valence-corrected chi connectivity index (χ2v) is 4.15. The lowest BCUT2D eigenvalue weighted by Crippen LogP contribution is -2.33. The first-order valence-corrected chi connectivity index (χ1v) is 6.12. The van der Waals surface area contributed by atoms with Gasteiger partial charge < -0.3 is 5.32 Å². The number of urea groups is 1. The van der Waals surface area contributed by atoms with E-state index in [4.69, 9.17) is 0 Å². The van der Waals surface area contributed by atoms with E-state index in [2.05, 4.69) is 5.32 Å². The quantitative estimate of drug-likeness (QED) is 0.652. The first-order valence-electron chi connectivity index (χ1n) is 6.12. The lowest BCUT2D eigenvalue weighted by atomic mass is 10.1.